The Hall–Kier alpha value is -6.47. The van der Waals surface area contributed by atoms with Crippen molar-refractivity contribution in [1.82, 2.24) is 34.4 Å². The number of anilines is 2. The highest BCUT2D eigenvalue weighted by Crippen LogP contribution is 2.34. The first kappa shape index (κ1) is 35.6. The van der Waals surface area contributed by atoms with Crippen molar-refractivity contribution in [3.05, 3.63) is 130 Å². The number of hydrogen-bond donors (Lipinski definition) is 2. The average molecular weight is 738 g/mol. The Morgan fingerprint density at radius 3 is 2.07 bits per heavy atom. The number of aryl methyl sites for hydroxylation is 4. The largest absolute Gasteiger partial charge is 0.397 e. The second kappa shape index (κ2) is 14.7. The van der Waals surface area contributed by atoms with Gasteiger partial charge in [0, 0.05) is 36.0 Å². The number of benzene rings is 3. The van der Waals surface area contributed by atoms with Gasteiger partial charge in [-0.3, -0.25) is 4.57 Å². The van der Waals surface area contributed by atoms with Crippen LogP contribution in [0.3, 0.4) is 0 Å². The van der Waals surface area contributed by atoms with Gasteiger partial charge in [-0.15, -0.1) is 0 Å². The zero-order chi connectivity index (χ0) is 38.2. The van der Waals surface area contributed by atoms with Gasteiger partial charge in [0.1, 0.15) is 11.5 Å². The molecule has 1 saturated heterocycles. The van der Waals surface area contributed by atoms with E-state index in [-0.39, 0.29) is 11.7 Å². The maximum atomic E-state index is 12.7. The molecule has 0 amide bonds. The third kappa shape index (κ3) is 6.78. The molecule has 1 unspecified atom stereocenters. The molecule has 3 aromatic carbocycles. The third-order valence-electron chi connectivity index (χ3n) is 10.2. The lowest BCUT2D eigenvalue weighted by Crippen LogP contribution is -2.38. The minimum absolute atomic E-state index is 0.128. The first-order valence-electron chi connectivity index (χ1n) is 18.4. The number of H-pyrrole nitrogens is 1. The molecule has 55 heavy (non-hydrogen) atoms. The molecule has 13 heteroatoms. The molecule has 13 nitrogen and oxygen atoms in total. The molecule has 1 aliphatic heterocycles. The van der Waals surface area contributed by atoms with Crippen molar-refractivity contribution < 1.29 is 13.8 Å². The first-order chi connectivity index (χ1) is 26.7. The van der Waals surface area contributed by atoms with Crippen molar-refractivity contribution in [3.8, 4) is 22.3 Å². The number of nitrogens with one attached hydrogen (secondary N) is 1. The number of nitrogen functional groups attached to an aromatic ring is 1. The molecule has 8 aromatic rings. The Morgan fingerprint density at radius 1 is 0.818 bits per heavy atom. The number of aromatic amines is 1. The van der Waals surface area contributed by atoms with Gasteiger partial charge in [0.2, 0.25) is 5.95 Å². The van der Waals surface area contributed by atoms with Crippen LogP contribution < -0.4 is 16.3 Å². The number of imidazole rings is 2. The number of ether oxygens (including phenoxy) is 1. The highest BCUT2D eigenvalue weighted by Gasteiger charge is 2.23. The fourth-order valence-electron chi connectivity index (χ4n) is 7.51. The summed E-state index contributed by atoms with van der Waals surface area (Å²) >= 11 is 0. The van der Waals surface area contributed by atoms with Crippen LogP contribution in [-0.2, 0) is 11.3 Å². The molecule has 0 radical (unpaired) electrons. The van der Waals surface area contributed by atoms with E-state index in [1.165, 1.54) is 5.56 Å². The zero-order valence-corrected chi connectivity index (χ0v) is 31.5. The predicted molar refractivity (Wildman–Crippen MR) is 213 cm³/mol. The highest BCUT2D eigenvalue weighted by molar-refractivity contribution is 5.93. The van der Waals surface area contributed by atoms with Crippen LogP contribution in [-0.4, -0.2) is 60.7 Å². The van der Waals surface area contributed by atoms with Crippen molar-refractivity contribution in [2.45, 2.75) is 47.2 Å². The SMILES string of the molecule is Cc1noc(C)c1-c1cc(N)c2[nH]c(=O)n(C(C)c3ccccc3)c2c1.Cc1noc(C)c1-c1cnc2nc(N3CCOCC3)n(Cc3ccccc3)c2c1. The van der Waals surface area contributed by atoms with Crippen molar-refractivity contribution in [2.24, 2.45) is 0 Å². The molecule has 6 heterocycles. The highest BCUT2D eigenvalue weighted by atomic mass is 16.5. The summed E-state index contributed by atoms with van der Waals surface area (Å²) in [6.07, 6.45) is 1.86. The second-order valence-corrected chi connectivity index (χ2v) is 13.9. The number of nitrogens with two attached hydrogens (primary N) is 1. The normalized spacial score (nSPS) is 13.7. The Morgan fingerprint density at radius 2 is 1.44 bits per heavy atom. The maximum Gasteiger partial charge on any atom is 0.327 e. The molecular weight excluding hydrogens is 695 g/mol. The van der Waals surface area contributed by atoms with Crippen LogP contribution in [0.5, 0.6) is 0 Å². The number of fused-ring (bicyclic) bond motifs is 2. The fraction of sp³-hybridized carbons (Fsp3) is 0.262. The van der Waals surface area contributed by atoms with Gasteiger partial charge in [0.05, 0.1) is 59.4 Å². The summed E-state index contributed by atoms with van der Waals surface area (Å²) in [6, 6.07) is 26.2. The molecule has 1 fully saturated rings. The van der Waals surface area contributed by atoms with Crippen LogP contribution >= 0.6 is 0 Å². The minimum atomic E-state index is -0.182. The van der Waals surface area contributed by atoms with Crippen molar-refractivity contribution >= 4 is 33.8 Å². The van der Waals surface area contributed by atoms with Gasteiger partial charge in [-0.1, -0.05) is 71.0 Å². The topological polar surface area (TPSA) is 159 Å². The average Bonchev–Trinajstić information content (AvgIpc) is 3.94. The van der Waals surface area contributed by atoms with E-state index in [0.29, 0.717) is 24.4 Å². The summed E-state index contributed by atoms with van der Waals surface area (Å²) in [5, 5.41) is 8.11. The van der Waals surface area contributed by atoms with E-state index >= 15 is 0 Å². The molecule has 9 rings (SSSR count). The smallest absolute Gasteiger partial charge is 0.327 e. The summed E-state index contributed by atoms with van der Waals surface area (Å²) in [6.45, 7) is 13.5. The molecule has 0 aliphatic carbocycles. The maximum absolute atomic E-state index is 12.7. The van der Waals surface area contributed by atoms with E-state index in [1.54, 1.807) is 4.57 Å². The Kier molecular flexibility index (Phi) is 9.53. The van der Waals surface area contributed by atoms with Crippen LogP contribution in [0.2, 0.25) is 0 Å². The van der Waals surface area contributed by atoms with Crippen LogP contribution in [0.4, 0.5) is 11.6 Å². The number of hydrogen-bond acceptors (Lipinski definition) is 10. The Balaban J connectivity index is 0.000000156. The molecule has 1 atom stereocenters. The summed E-state index contributed by atoms with van der Waals surface area (Å²) in [5.74, 6) is 2.46. The molecule has 0 spiro atoms. The second-order valence-electron chi connectivity index (χ2n) is 13.9. The third-order valence-corrected chi connectivity index (χ3v) is 10.2. The van der Waals surface area contributed by atoms with Crippen molar-refractivity contribution in [2.75, 3.05) is 36.9 Å². The number of aromatic nitrogens is 7. The van der Waals surface area contributed by atoms with Gasteiger partial charge in [-0.25, -0.2) is 9.78 Å². The summed E-state index contributed by atoms with van der Waals surface area (Å²) in [5.41, 5.74) is 17.5. The van der Waals surface area contributed by atoms with Gasteiger partial charge in [0.15, 0.2) is 5.65 Å². The summed E-state index contributed by atoms with van der Waals surface area (Å²) in [7, 11) is 0. The molecule has 3 N–H and O–H groups in total. The van der Waals surface area contributed by atoms with E-state index in [1.807, 2.05) is 89.3 Å². The first-order valence-corrected chi connectivity index (χ1v) is 18.4. The number of morpholine rings is 1. The number of rotatable bonds is 7. The Labute approximate surface area is 317 Å². The van der Waals surface area contributed by atoms with E-state index in [0.717, 1.165) is 93.0 Å². The van der Waals surface area contributed by atoms with Gasteiger partial charge < -0.3 is 34.0 Å². The lowest BCUT2D eigenvalue weighted by Gasteiger charge is -2.28. The van der Waals surface area contributed by atoms with E-state index in [2.05, 4.69) is 60.1 Å². The molecule has 0 bridgehead atoms. The molecule has 5 aromatic heterocycles. The standard InChI is InChI=1S/C22H23N5O2.C20H20N4O2/c1-15-20(16(2)29-25-15)18-12-19-21(23-13-18)24-22(26-8-10-28-11-9-26)27(19)14-17-6-4-3-5-7-17;1-11-18(13(3)26-23-11)15-9-16(21)19-17(10-15)24(20(25)22-19)12(2)14-7-5-4-6-8-14/h3-7,12-13H,8-11,14H2,1-2H3;4-10,12H,21H2,1-3H3,(H,22,25). The number of pyridine rings is 1. The minimum Gasteiger partial charge on any atom is -0.397 e. The molecular formula is C42H43N9O4. The predicted octanol–water partition coefficient (Wildman–Crippen LogP) is 7.38. The van der Waals surface area contributed by atoms with Crippen LogP contribution in [0, 0.1) is 27.7 Å². The summed E-state index contributed by atoms with van der Waals surface area (Å²) in [4.78, 5) is 27.4. The van der Waals surface area contributed by atoms with E-state index in [4.69, 9.17) is 24.5 Å². The van der Waals surface area contributed by atoms with Gasteiger partial charge in [-0.05, 0) is 69.5 Å². The Bertz CT molecular complexity index is 2630. The molecule has 280 valence electrons. The fourth-order valence-corrected chi connectivity index (χ4v) is 7.51. The van der Waals surface area contributed by atoms with Crippen molar-refractivity contribution in [1.29, 1.82) is 0 Å². The summed E-state index contributed by atoms with van der Waals surface area (Å²) < 4.78 is 20.2. The lowest BCUT2D eigenvalue weighted by atomic mass is 10.0. The van der Waals surface area contributed by atoms with Crippen LogP contribution in [0.25, 0.3) is 44.5 Å². The van der Waals surface area contributed by atoms with E-state index < -0.39 is 0 Å². The zero-order valence-electron chi connectivity index (χ0n) is 31.5. The quantitative estimate of drug-likeness (QED) is 0.158. The monoisotopic (exact) mass is 737 g/mol. The van der Waals surface area contributed by atoms with Crippen LogP contribution in [0.1, 0.15) is 47.0 Å². The van der Waals surface area contributed by atoms with Gasteiger partial charge >= 0.3 is 5.69 Å². The molecule has 1 aliphatic rings. The van der Waals surface area contributed by atoms with Crippen LogP contribution in [0.15, 0.2) is 98.9 Å². The lowest BCUT2D eigenvalue weighted by molar-refractivity contribution is 0.121. The van der Waals surface area contributed by atoms with E-state index in [9.17, 15) is 4.79 Å². The molecule has 0 saturated carbocycles. The van der Waals surface area contributed by atoms with Gasteiger partial charge in [0.25, 0.3) is 0 Å². The number of nitrogens with zero attached hydrogens (tertiary/aromatic N) is 7. The van der Waals surface area contributed by atoms with Crippen molar-refractivity contribution in [3.63, 3.8) is 0 Å². The van der Waals surface area contributed by atoms with Gasteiger partial charge in [-0.2, -0.15) is 4.98 Å².